The molecular weight excluding hydrogens is 300 g/mol. The molecule has 0 atom stereocenters. The molecule has 0 bridgehead atoms. The second-order valence-corrected chi connectivity index (χ2v) is 8.12. The third kappa shape index (κ3) is 5.71. The quantitative estimate of drug-likeness (QED) is 0.692. The topological polar surface area (TPSA) is 38.7 Å². The number of ether oxygens (including phenoxy) is 2. The van der Waals surface area contributed by atoms with Crippen LogP contribution in [0.25, 0.3) is 0 Å². The largest absolute Gasteiger partial charge is 0.381 e. The molecule has 0 aromatic carbocycles. The molecule has 0 aliphatic heterocycles. The molecule has 1 N–H and O–H groups in total. The SMILES string of the molecule is COC(O)(C1CCCCC1)C1CCCCC1.COC1CCCCC1. The van der Waals surface area contributed by atoms with E-state index in [4.69, 9.17) is 9.47 Å². The summed E-state index contributed by atoms with van der Waals surface area (Å²) >= 11 is 0. The van der Waals surface area contributed by atoms with Gasteiger partial charge in [0.05, 0.1) is 6.10 Å². The zero-order valence-electron chi connectivity index (χ0n) is 16.1. The average Bonchev–Trinajstić information content (AvgIpc) is 2.70. The third-order valence-electron chi connectivity index (χ3n) is 6.59. The monoisotopic (exact) mass is 340 g/mol. The number of methoxy groups -OCH3 is 2. The summed E-state index contributed by atoms with van der Waals surface area (Å²) < 4.78 is 10.8. The van der Waals surface area contributed by atoms with Crippen molar-refractivity contribution in [1.82, 2.24) is 0 Å². The fourth-order valence-corrected chi connectivity index (χ4v) is 5.00. The van der Waals surface area contributed by atoms with Crippen LogP contribution in [0.1, 0.15) is 96.3 Å². The minimum Gasteiger partial charge on any atom is -0.381 e. The molecule has 0 amide bonds. The van der Waals surface area contributed by atoms with Gasteiger partial charge in [0.25, 0.3) is 0 Å². The highest BCUT2D eigenvalue weighted by atomic mass is 16.6. The van der Waals surface area contributed by atoms with Crippen LogP contribution in [0.3, 0.4) is 0 Å². The van der Waals surface area contributed by atoms with Gasteiger partial charge >= 0.3 is 0 Å². The molecule has 0 aromatic rings. The van der Waals surface area contributed by atoms with E-state index in [-0.39, 0.29) is 0 Å². The molecule has 0 aromatic heterocycles. The Kier molecular flexibility index (Phi) is 9.07. The summed E-state index contributed by atoms with van der Waals surface area (Å²) in [5, 5.41) is 10.8. The first kappa shape index (κ1) is 20.2. The van der Waals surface area contributed by atoms with Crippen LogP contribution in [0.5, 0.6) is 0 Å². The zero-order chi connectivity index (χ0) is 17.3. The molecule has 3 saturated carbocycles. The third-order valence-corrected chi connectivity index (χ3v) is 6.59. The number of aliphatic hydroxyl groups is 1. The van der Waals surface area contributed by atoms with Crippen molar-refractivity contribution in [2.75, 3.05) is 14.2 Å². The van der Waals surface area contributed by atoms with Crippen molar-refractivity contribution < 1.29 is 14.6 Å². The molecule has 3 nitrogen and oxygen atoms in total. The summed E-state index contributed by atoms with van der Waals surface area (Å²) in [6.07, 6.45) is 19.7. The minimum atomic E-state index is -0.819. The van der Waals surface area contributed by atoms with E-state index in [1.807, 2.05) is 7.11 Å². The van der Waals surface area contributed by atoms with E-state index in [9.17, 15) is 5.11 Å². The summed E-state index contributed by atoms with van der Waals surface area (Å²) in [5.74, 6) is -0.0513. The Morgan fingerprint density at radius 3 is 1.29 bits per heavy atom. The Hall–Kier alpha value is -0.120. The van der Waals surface area contributed by atoms with Crippen LogP contribution in [0.2, 0.25) is 0 Å². The van der Waals surface area contributed by atoms with Crippen molar-refractivity contribution in [3.63, 3.8) is 0 Å². The van der Waals surface area contributed by atoms with Gasteiger partial charge in [-0.15, -0.1) is 0 Å². The van der Waals surface area contributed by atoms with Gasteiger partial charge in [-0.1, -0.05) is 57.8 Å². The van der Waals surface area contributed by atoms with Crippen molar-refractivity contribution in [1.29, 1.82) is 0 Å². The normalized spacial score (nSPS) is 25.1. The van der Waals surface area contributed by atoms with Gasteiger partial charge in [0.15, 0.2) is 5.79 Å². The Morgan fingerprint density at radius 1 is 0.625 bits per heavy atom. The molecule has 24 heavy (non-hydrogen) atoms. The standard InChI is InChI=1S/C14H26O2.C7H14O/c1-16-14(15,12-8-4-2-5-9-12)13-10-6-3-7-11-13;1-8-7-5-3-2-4-6-7/h12-13,15H,2-11H2,1H3;7H,2-6H2,1H3. The second-order valence-electron chi connectivity index (χ2n) is 8.12. The number of hydrogen-bond donors (Lipinski definition) is 1. The van der Waals surface area contributed by atoms with Gasteiger partial charge in [0.1, 0.15) is 0 Å². The van der Waals surface area contributed by atoms with Crippen molar-refractivity contribution in [3.8, 4) is 0 Å². The van der Waals surface area contributed by atoms with Crippen LogP contribution in [-0.4, -0.2) is 31.2 Å². The lowest BCUT2D eigenvalue weighted by Crippen LogP contribution is -2.48. The Labute approximate surface area is 149 Å². The predicted molar refractivity (Wildman–Crippen MR) is 99.0 cm³/mol. The lowest BCUT2D eigenvalue weighted by molar-refractivity contribution is -0.264. The van der Waals surface area contributed by atoms with Crippen LogP contribution in [-0.2, 0) is 9.47 Å². The predicted octanol–water partition coefficient (Wildman–Crippen LogP) is 5.45. The van der Waals surface area contributed by atoms with Crippen LogP contribution >= 0.6 is 0 Å². The van der Waals surface area contributed by atoms with E-state index in [2.05, 4.69) is 0 Å². The smallest absolute Gasteiger partial charge is 0.170 e. The summed E-state index contributed by atoms with van der Waals surface area (Å²) in [4.78, 5) is 0. The van der Waals surface area contributed by atoms with Crippen LogP contribution < -0.4 is 0 Å². The number of hydrogen-bond acceptors (Lipinski definition) is 3. The van der Waals surface area contributed by atoms with Gasteiger partial charge in [-0.05, 0) is 38.5 Å². The molecular formula is C21H40O3. The van der Waals surface area contributed by atoms with Crippen molar-refractivity contribution in [2.24, 2.45) is 11.8 Å². The van der Waals surface area contributed by atoms with E-state index in [0.29, 0.717) is 17.9 Å². The molecule has 3 heteroatoms. The van der Waals surface area contributed by atoms with Gasteiger partial charge in [-0.25, -0.2) is 0 Å². The lowest BCUT2D eigenvalue weighted by atomic mass is 9.72. The van der Waals surface area contributed by atoms with Gasteiger partial charge in [-0.3, -0.25) is 0 Å². The molecule has 3 aliphatic rings. The Balaban J connectivity index is 0.000000219. The van der Waals surface area contributed by atoms with Crippen LogP contribution in [0.15, 0.2) is 0 Å². The van der Waals surface area contributed by atoms with Crippen LogP contribution in [0, 0.1) is 11.8 Å². The maximum Gasteiger partial charge on any atom is 0.170 e. The molecule has 0 unspecified atom stereocenters. The van der Waals surface area contributed by atoms with Gasteiger partial charge < -0.3 is 14.6 Å². The summed E-state index contributed by atoms with van der Waals surface area (Å²) in [5.41, 5.74) is 0. The number of rotatable bonds is 4. The molecule has 3 aliphatic carbocycles. The first-order chi connectivity index (χ1) is 11.7. The molecule has 0 radical (unpaired) electrons. The van der Waals surface area contributed by atoms with Crippen molar-refractivity contribution in [2.45, 2.75) is 108 Å². The van der Waals surface area contributed by atoms with E-state index >= 15 is 0 Å². The summed E-state index contributed by atoms with van der Waals surface area (Å²) in [6.45, 7) is 0. The van der Waals surface area contributed by atoms with Gasteiger partial charge in [-0.2, -0.15) is 0 Å². The summed E-state index contributed by atoms with van der Waals surface area (Å²) in [7, 11) is 3.51. The maximum absolute atomic E-state index is 10.8. The second kappa shape index (κ2) is 10.8. The first-order valence-corrected chi connectivity index (χ1v) is 10.5. The Morgan fingerprint density at radius 2 is 1.00 bits per heavy atom. The van der Waals surface area contributed by atoms with E-state index < -0.39 is 5.79 Å². The Bertz CT molecular complexity index is 295. The highest BCUT2D eigenvalue weighted by molar-refractivity contribution is 4.88. The van der Waals surface area contributed by atoms with E-state index in [1.165, 1.54) is 70.6 Å². The minimum absolute atomic E-state index is 0.384. The van der Waals surface area contributed by atoms with Gasteiger partial charge in [0.2, 0.25) is 0 Å². The zero-order valence-corrected chi connectivity index (χ0v) is 16.1. The fraction of sp³-hybridized carbons (Fsp3) is 1.00. The first-order valence-electron chi connectivity index (χ1n) is 10.5. The molecule has 3 fully saturated rings. The molecule has 3 rings (SSSR count). The highest BCUT2D eigenvalue weighted by Gasteiger charge is 2.44. The lowest BCUT2D eigenvalue weighted by Gasteiger charge is -2.44. The molecule has 0 saturated heterocycles. The molecule has 0 heterocycles. The average molecular weight is 341 g/mol. The molecule has 142 valence electrons. The molecule has 0 spiro atoms. The van der Waals surface area contributed by atoms with Crippen molar-refractivity contribution >= 4 is 0 Å². The maximum atomic E-state index is 10.8. The van der Waals surface area contributed by atoms with Crippen LogP contribution in [0.4, 0.5) is 0 Å². The van der Waals surface area contributed by atoms with Crippen molar-refractivity contribution in [3.05, 3.63) is 0 Å². The van der Waals surface area contributed by atoms with E-state index in [1.54, 1.807) is 7.11 Å². The summed E-state index contributed by atoms with van der Waals surface area (Å²) in [6, 6.07) is 0. The van der Waals surface area contributed by atoms with E-state index in [0.717, 1.165) is 25.7 Å². The highest BCUT2D eigenvalue weighted by Crippen LogP contribution is 2.43. The van der Waals surface area contributed by atoms with Gasteiger partial charge in [0, 0.05) is 26.1 Å². The fourth-order valence-electron chi connectivity index (χ4n) is 5.00.